The summed E-state index contributed by atoms with van der Waals surface area (Å²) in [5, 5.41) is 0. The van der Waals surface area contributed by atoms with Crippen molar-refractivity contribution in [1.29, 1.82) is 0 Å². The van der Waals surface area contributed by atoms with Gasteiger partial charge in [-0.25, -0.2) is 0 Å². The zero-order valence-electron chi connectivity index (χ0n) is 12.7. The Kier molecular flexibility index (Phi) is 4.69. The van der Waals surface area contributed by atoms with E-state index in [2.05, 4.69) is 42.5 Å². The lowest BCUT2D eigenvalue weighted by Crippen LogP contribution is -2.33. The second-order valence-corrected chi connectivity index (χ2v) is 5.70. The molecule has 0 fully saturated rings. The Morgan fingerprint density at radius 2 is 1.68 bits per heavy atom. The van der Waals surface area contributed by atoms with E-state index in [1.807, 2.05) is 29.2 Å². The highest BCUT2D eigenvalue weighted by Crippen LogP contribution is 2.13. The minimum atomic E-state index is 0.144. The van der Waals surface area contributed by atoms with E-state index in [0.717, 1.165) is 37.9 Å². The van der Waals surface area contributed by atoms with Crippen LogP contribution < -0.4 is 0 Å². The third-order valence-electron chi connectivity index (χ3n) is 4.06. The van der Waals surface area contributed by atoms with E-state index in [-0.39, 0.29) is 5.91 Å². The van der Waals surface area contributed by atoms with Gasteiger partial charge >= 0.3 is 0 Å². The molecule has 0 saturated carbocycles. The maximum absolute atomic E-state index is 12.5. The molecule has 3 rings (SSSR count). The zero-order valence-corrected chi connectivity index (χ0v) is 12.7. The van der Waals surface area contributed by atoms with E-state index >= 15 is 0 Å². The molecule has 1 aliphatic heterocycles. The Bertz CT molecular complexity index is 660. The second kappa shape index (κ2) is 7.08. The normalized spacial score (nSPS) is 14.1. The van der Waals surface area contributed by atoms with Crippen molar-refractivity contribution in [2.24, 2.45) is 0 Å². The summed E-state index contributed by atoms with van der Waals surface area (Å²) in [6, 6.07) is 18.5. The van der Waals surface area contributed by atoms with Crippen LogP contribution in [0.4, 0.5) is 0 Å². The molecular weight excluding hydrogens is 270 g/mol. The standard InChI is InChI=1S/C20H21NO/c22-20(21-14-5-2-6-15-21)19-11-7-10-18(16-19)13-12-17-8-3-1-4-9-17/h1-5,7-11,16H,6,12-15H2. The Balaban J connectivity index is 1.67. The van der Waals surface area contributed by atoms with Gasteiger partial charge in [-0.15, -0.1) is 0 Å². The van der Waals surface area contributed by atoms with Gasteiger partial charge in [0, 0.05) is 18.7 Å². The van der Waals surface area contributed by atoms with E-state index in [9.17, 15) is 4.79 Å². The van der Waals surface area contributed by atoms with Gasteiger partial charge in [-0.3, -0.25) is 4.79 Å². The number of carbonyl (C=O) groups is 1. The number of rotatable bonds is 4. The smallest absolute Gasteiger partial charge is 0.254 e. The molecule has 0 atom stereocenters. The first kappa shape index (κ1) is 14.6. The summed E-state index contributed by atoms with van der Waals surface area (Å²) in [7, 11) is 0. The summed E-state index contributed by atoms with van der Waals surface area (Å²) in [4.78, 5) is 14.4. The highest BCUT2D eigenvalue weighted by Gasteiger charge is 2.15. The highest BCUT2D eigenvalue weighted by molar-refractivity contribution is 5.94. The monoisotopic (exact) mass is 291 g/mol. The van der Waals surface area contributed by atoms with E-state index in [1.165, 1.54) is 11.1 Å². The number of carbonyl (C=O) groups excluding carboxylic acids is 1. The molecule has 2 aromatic carbocycles. The van der Waals surface area contributed by atoms with Crippen molar-refractivity contribution >= 4 is 5.91 Å². The van der Waals surface area contributed by atoms with Gasteiger partial charge in [-0.2, -0.15) is 0 Å². The lowest BCUT2D eigenvalue weighted by atomic mass is 10.0. The first-order chi connectivity index (χ1) is 10.8. The maximum atomic E-state index is 12.5. The van der Waals surface area contributed by atoms with E-state index in [1.54, 1.807) is 0 Å². The van der Waals surface area contributed by atoms with Gasteiger partial charge in [0.25, 0.3) is 5.91 Å². The van der Waals surface area contributed by atoms with Gasteiger partial charge in [0.15, 0.2) is 0 Å². The fourth-order valence-electron chi connectivity index (χ4n) is 2.80. The van der Waals surface area contributed by atoms with E-state index in [4.69, 9.17) is 0 Å². The first-order valence-electron chi connectivity index (χ1n) is 7.90. The molecule has 0 aromatic heterocycles. The third kappa shape index (κ3) is 3.64. The van der Waals surface area contributed by atoms with Crippen LogP contribution in [0.3, 0.4) is 0 Å². The van der Waals surface area contributed by atoms with Crippen molar-refractivity contribution in [3.63, 3.8) is 0 Å². The lowest BCUT2D eigenvalue weighted by Gasteiger charge is -2.23. The maximum Gasteiger partial charge on any atom is 0.254 e. The zero-order chi connectivity index (χ0) is 15.2. The number of benzene rings is 2. The van der Waals surface area contributed by atoms with Crippen LogP contribution in [0.1, 0.15) is 27.9 Å². The van der Waals surface area contributed by atoms with Gasteiger partial charge in [0.05, 0.1) is 0 Å². The molecule has 22 heavy (non-hydrogen) atoms. The van der Waals surface area contributed by atoms with Crippen LogP contribution in [-0.4, -0.2) is 23.9 Å². The van der Waals surface area contributed by atoms with Crippen molar-refractivity contribution in [2.45, 2.75) is 19.3 Å². The predicted molar refractivity (Wildman–Crippen MR) is 90.0 cm³/mol. The second-order valence-electron chi connectivity index (χ2n) is 5.70. The molecule has 2 heteroatoms. The molecule has 112 valence electrons. The van der Waals surface area contributed by atoms with Crippen LogP contribution in [0.5, 0.6) is 0 Å². The largest absolute Gasteiger partial charge is 0.335 e. The Labute approximate surface area is 132 Å². The summed E-state index contributed by atoms with van der Waals surface area (Å²) in [6.07, 6.45) is 7.14. The Hall–Kier alpha value is -2.35. The molecule has 0 aliphatic carbocycles. The van der Waals surface area contributed by atoms with Gasteiger partial charge in [0.1, 0.15) is 0 Å². The molecule has 0 spiro atoms. The lowest BCUT2D eigenvalue weighted by molar-refractivity contribution is 0.0771. The highest BCUT2D eigenvalue weighted by atomic mass is 16.2. The molecule has 2 nitrogen and oxygen atoms in total. The third-order valence-corrected chi connectivity index (χ3v) is 4.06. The molecule has 0 unspecified atom stereocenters. The summed E-state index contributed by atoms with van der Waals surface area (Å²) >= 11 is 0. The minimum absolute atomic E-state index is 0.144. The van der Waals surface area contributed by atoms with E-state index in [0.29, 0.717) is 0 Å². The average molecular weight is 291 g/mol. The molecule has 1 aliphatic rings. The van der Waals surface area contributed by atoms with Gasteiger partial charge in [-0.05, 0) is 42.5 Å². The van der Waals surface area contributed by atoms with Crippen molar-refractivity contribution in [3.8, 4) is 0 Å². The van der Waals surface area contributed by atoms with Crippen molar-refractivity contribution in [1.82, 2.24) is 4.90 Å². The van der Waals surface area contributed by atoms with E-state index < -0.39 is 0 Å². The molecule has 0 bridgehead atoms. The Morgan fingerprint density at radius 1 is 0.909 bits per heavy atom. The quantitative estimate of drug-likeness (QED) is 0.783. The average Bonchev–Trinajstić information content (AvgIpc) is 2.61. The van der Waals surface area contributed by atoms with Crippen molar-refractivity contribution in [2.75, 3.05) is 13.1 Å². The van der Waals surface area contributed by atoms with Gasteiger partial charge in [-0.1, -0.05) is 54.6 Å². The van der Waals surface area contributed by atoms with Crippen LogP contribution in [0, 0.1) is 0 Å². The van der Waals surface area contributed by atoms with Crippen LogP contribution in [0.25, 0.3) is 0 Å². The molecule has 0 radical (unpaired) electrons. The molecular formula is C20H21NO. The van der Waals surface area contributed by atoms with Crippen LogP contribution in [-0.2, 0) is 12.8 Å². The van der Waals surface area contributed by atoms with Crippen molar-refractivity contribution in [3.05, 3.63) is 83.4 Å². The van der Waals surface area contributed by atoms with Crippen molar-refractivity contribution < 1.29 is 4.79 Å². The Morgan fingerprint density at radius 3 is 2.45 bits per heavy atom. The van der Waals surface area contributed by atoms with Crippen LogP contribution in [0.2, 0.25) is 0 Å². The molecule has 1 heterocycles. The number of amides is 1. The summed E-state index contributed by atoms with van der Waals surface area (Å²) in [5.74, 6) is 0.144. The van der Waals surface area contributed by atoms with Crippen LogP contribution in [0.15, 0.2) is 66.7 Å². The summed E-state index contributed by atoms with van der Waals surface area (Å²) in [5.41, 5.74) is 3.36. The molecule has 0 N–H and O–H groups in total. The predicted octanol–water partition coefficient (Wildman–Crippen LogP) is 3.87. The fraction of sp³-hybridized carbons (Fsp3) is 0.250. The minimum Gasteiger partial charge on any atom is -0.335 e. The molecule has 1 amide bonds. The summed E-state index contributed by atoms with van der Waals surface area (Å²) < 4.78 is 0. The first-order valence-corrected chi connectivity index (χ1v) is 7.90. The molecule has 2 aromatic rings. The number of nitrogens with zero attached hydrogens (tertiary/aromatic N) is 1. The van der Waals surface area contributed by atoms with Crippen LogP contribution >= 0.6 is 0 Å². The summed E-state index contributed by atoms with van der Waals surface area (Å²) in [6.45, 7) is 1.55. The number of hydrogen-bond donors (Lipinski definition) is 0. The number of hydrogen-bond acceptors (Lipinski definition) is 1. The van der Waals surface area contributed by atoms with Gasteiger partial charge < -0.3 is 4.90 Å². The van der Waals surface area contributed by atoms with Gasteiger partial charge in [0.2, 0.25) is 0 Å². The number of aryl methyl sites for hydroxylation is 2. The molecule has 0 saturated heterocycles. The topological polar surface area (TPSA) is 20.3 Å². The fourth-order valence-corrected chi connectivity index (χ4v) is 2.80. The SMILES string of the molecule is O=C(c1cccc(CCc2ccccc2)c1)N1CC=CCC1.